The van der Waals surface area contributed by atoms with E-state index in [4.69, 9.17) is 0 Å². The minimum absolute atomic E-state index is 0.0913. The second-order valence-corrected chi connectivity index (χ2v) is 10.0. The van der Waals surface area contributed by atoms with Gasteiger partial charge in [-0.3, -0.25) is 14.4 Å². The van der Waals surface area contributed by atoms with Crippen LogP contribution >= 0.6 is 0 Å². The van der Waals surface area contributed by atoms with Crippen LogP contribution in [-0.2, 0) is 20.8 Å². The Balaban J connectivity index is 1.74. The number of benzene rings is 2. The number of phenolic OH excluding ortho intramolecular Hbond substituents is 1. The molecular weight excluding hydrogens is 476 g/mol. The molecule has 9 nitrogen and oxygen atoms in total. The minimum atomic E-state index is -2.54. The van der Waals surface area contributed by atoms with E-state index >= 15 is 0 Å². The van der Waals surface area contributed by atoms with Crippen LogP contribution in [0.1, 0.15) is 24.0 Å². The molecule has 0 radical (unpaired) electrons. The molecule has 3 aliphatic rings. The number of nitrogens with zero attached hydrogens (tertiary/aromatic N) is 1. The zero-order valence-electron chi connectivity index (χ0n) is 20.7. The van der Waals surface area contributed by atoms with Crippen LogP contribution in [0.15, 0.2) is 53.3 Å². The number of Topliss-reactive ketones (excluding diaryl/α,β-unsaturated/α-hetero) is 2. The van der Waals surface area contributed by atoms with Crippen molar-refractivity contribution in [1.82, 2.24) is 5.32 Å². The average Bonchev–Trinajstić information content (AvgIpc) is 2.86. The van der Waals surface area contributed by atoms with Crippen LogP contribution in [0.2, 0.25) is 0 Å². The van der Waals surface area contributed by atoms with Gasteiger partial charge in [0.05, 0.1) is 5.56 Å². The number of aliphatic hydroxyl groups is 3. The van der Waals surface area contributed by atoms with Gasteiger partial charge >= 0.3 is 0 Å². The van der Waals surface area contributed by atoms with E-state index in [1.807, 2.05) is 55.4 Å². The quantitative estimate of drug-likeness (QED) is 0.401. The molecule has 5 N–H and O–H groups in total. The number of anilines is 1. The molecule has 0 bridgehead atoms. The minimum Gasteiger partial charge on any atom is -0.508 e. The maximum absolute atomic E-state index is 13.8. The van der Waals surface area contributed by atoms with Gasteiger partial charge < -0.3 is 30.6 Å². The maximum atomic E-state index is 13.8. The van der Waals surface area contributed by atoms with Gasteiger partial charge in [0.2, 0.25) is 5.78 Å². The van der Waals surface area contributed by atoms with Crippen LogP contribution in [0.25, 0.3) is 16.9 Å². The SMILES string of the molecule is CNC(=O)C1=C(O)[C@@]2(O)C(=O)C3=C(O)c4c(O)c(-c5ccccc5)cc(N(C)C)c4CC3CC2CC1=O. The van der Waals surface area contributed by atoms with Crippen molar-refractivity contribution in [1.29, 1.82) is 0 Å². The van der Waals surface area contributed by atoms with Crippen molar-refractivity contribution in [2.24, 2.45) is 11.8 Å². The summed E-state index contributed by atoms with van der Waals surface area (Å²) in [6.45, 7) is 0. The summed E-state index contributed by atoms with van der Waals surface area (Å²) in [5.41, 5.74) is -0.683. The van der Waals surface area contributed by atoms with Gasteiger partial charge in [0.15, 0.2) is 11.4 Å². The molecule has 0 spiro atoms. The Labute approximate surface area is 213 Å². The molecule has 0 aliphatic heterocycles. The first kappa shape index (κ1) is 24.6. The van der Waals surface area contributed by atoms with E-state index in [1.54, 1.807) is 0 Å². The summed E-state index contributed by atoms with van der Waals surface area (Å²) >= 11 is 0. The van der Waals surface area contributed by atoms with Crippen molar-refractivity contribution in [3.63, 3.8) is 0 Å². The van der Waals surface area contributed by atoms with Crippen LogP contribution in [0, 0.1) is 11.8 Å². The second kappa shape index (κ2) is 8.48. The number of carbonyl (C=O) groups excluding carboxylic acids is 3. The summed E-state index contributed by atoms with van der Waals surface area (Å²) in [5, 5.41) is 47.4. The van der Waals surface area contributed by atoms with E-state index in [0.717, 1.165) is 5.69 Å². The number of rotatable bonds is 3. The molecule has 3 aliphatic carbocycles. The fraction of sp³-hybridized carbons (Fsp3) is 0.321. The molecule has 2 unspecified atom stereocenters. The van der Waals surface area contributed by atoms with Gasteiger partial charge in [0, 0.05) is 50.3 Å². The molecule has 0 heterocycles. The first-order valence-corrected chi connectivity index (χ1v) is 12.0. The van der Waals surface area contributed by atoms with E-state index in [9.17, 15) is 34.8 Å². The number of ketones is 2. The fourth-order valence-electron chi connectivity index (χ4n) is 6.01. The predicted molar refractivity (Wildman–Crippen MR) is 136 cm³/mol. The van der Waals surface area contributed by atoms with Gasteiger partial charge in [-0.15, -0.1) is 0 Å². The van der Waals surface area contributed by atoms with Crippen LogP contribution in [0.4, 0.5) is 5.69 Å². The number of nitrogens with one attached hydrogen (secondary N) is 1. The maximum Gasteiger partial charge on any atom is 0.258 e. The molecule has 9 heteroatoms. The van der Waals surface area contributed by atoms with Crippen molar-refractivity contribution in [3.8, 4) is 16.9 Å². The molecule has 3 atom stereocenters. The summed E-state index contributed by atoms with van der Waals surface area (Å²) in [6, 6.07) is 11.0. The number of likely N-dealkylation sites (N-methyl/N-ethyl adjacent to an activating group) is 1. The van der Waals surface area contributed by atoms with E-state index in [2.05, 4.69) is 5.32 Å². The molecule has 0 saturated heterocycles. The third-order valence-corrected chi connectivity index (χ3v) is 7.81. The van der Waals surface area contributed by atoms with Gasteiger partial charge in [-0.1, -0.05) is 30.3 Å². The summed E-state index contributed by atoms with van der Waals surface area (Å²) in [5.74, 6) is -5.76. The third kappa shape index (κ3) is 3.37. The lowest BCUT2D eigenvalue weighted by Crippen LogP contribution is -2.58. The Morgan fingerprint density at radius 3 is 2.38 bits per heavy atom. The molecule has 1 saturated carbocycles. The normalized spacial score (nSPS) is 24.9. The van der Waals surface area contributed by atoms with Gasteiger partial charge in [-0.2, -0.15) is 0 Å². The van der Waals surface area contributed by atoms with Gasteiger partial charge in [-0.05, 0) is 36.0 Å². The molecule has 192 valence electrons. The first-order chi connectivity index (χ1) is 17.5. The number of carbonyl (C=O) groups is 3. The zero-order chi connectivity index (χ0) is 26.8. The lowest BCUT2D eigenvalue weighted by Gasteiger charge is -2.46. The number of aliphatic hydroxyl groups excluding tert-OH is 2. The zero-order valence-corrected chi connectivity index (χ0v) is 20.7. The number of hydrogen-bond donors (Lipinski definition) is 5. The lowest BCUT2D eigenvalue weighted by atomic mass is 9.59. The molecule has 5 rings (SSSR count). The fourth-order valence-corrected chi connectivity index (χ4v) is 6.01. The topological polar surface area (TPSA) is 147 Å². The van der Waals surface area contributed by atoms with E-state index in [-0.39, 0.29) is 36.1 Å². The van der Waals surface area contributed by atoms with Crippen LogP contribution in [0.3, 0.4) is 0 Å². The molecular formula is C28H28N2O7. The Hall–Kier alpha value is -4.11. The highest BCUT2D eigenvalue weighted by Gasteiger charge is 2.60. The number of phenols is 1. The Kier molecular flexibility index (Phi) is 5.64. The Bertz CT molecular complexity index is 1420. The van der Waals surface area contributed by atoms with E-state index in [1.165, 1.54) is 7.05 Å². The van der Waals surface area contributed by atoms with Crippen LogP contribution < -0.4 is 10.2 Å². The third-order valence-electron chi connectivity index (χ3n) is 7.81. The molecule has 2 aromatic rings. The van der Waals surface area contributed by atoms with Gasteiger partial charge in [-0.25, -0.2) is 0 Å². The number of hydrogen-bond acceptors (Lipinski definition) is 8. The second-order valence-electron chi connectivity index (χ2n) is 10.0. The number of fused-ring (bicyclic) bond motifs is 3. The summed E-state index contributed by atoms with van der Waals surface area (Å²) in [4.78, 5) is 40.6. The van der Waals surface area contributed by atoms with Gasteiger partial charge in [0.25, 0.3) is 5.91 Å². The standard InChI is InChI=1S/C28H28N2O7/c1-29-27(36)22-19(31)11-15-9-14-10-17-18(30(2)3)12-16(13-7-5-4-6-8-13)23(32)21(17)24(33)20(14)25(34)28(15,37)26(22)35/h4-8,12,14-15,32-33,35,37H,9-11H2,1-3H3,(H,29,36)/t14?,15?,28-/m0/s1. The summed E-state index contributed by atoms with van der Waals surface area (Å²) < 4.78 is 0. The molecule has 0 aromatic heterocycles. The highest BCUT2D eigenvalue weighted by molar-refractivity contribution is 6.23. The highest BCUT2D eigenvalue weighted by atomic mass is 16.3. The first-order valence-electron chi connectivity index (χ1n) is 12.0. The van der Waals surface area contributed by atoms with Crippen molar-refractivity contribution >= 4 is 28.9 Å². The Morgan fingerprint density at radius 2 is 1.76 bits per heavy atom. The molecule has 1 amide bonds. The number of aromatic hydroxyl groups is 1. The summed E-state index contributed by atoms with van der Waals surface area (Å²) in [7, 11) is 4.95. The van der Waals surface area contributed by atoms with Crippen molar-refractivity contribution < 1.29 is 34.8 Å². The van der Waals surface area contributed by atoms with E-state index < -0.39 is 52.0 Å². The van der Waals surface area contributed by atoms with E-state index in [0.29, 0.717) is 16.7 Å². The molecule has 2 aromatic carbocycles. The van der Waals surface area contributed by atoms with Gasteiger partial charge in [0.1, 0.15) is 22.8 Å². The largest absolute Gasteiger partial charge is 0.508 e. The lowest BCUT2D eigenvalue weighted by molar-refractivity contribution is -0.147. The van der Waals surface area contributed by atoms with Crippen LogP contribution in [-0.4, -0.2) is 64.6 Å². The van der Waals surface area contributed by atoms with Crippen molar-refractivity contribution in [2.75, 3.05) is 26.0 Å². The molecule has 1 fully saturated rings. The van der Waals surface area contributed by atoms with Crippen LogP contribution in [0.5, 0.6) is 5.75 Å². The van der Waals surface area contributed by atoms with Crippen molar-refractivity contribution in [2.45, 2.75) is 24.9 Å². The Morgan fingerprint density at radius 1 is 1.08 bits per heavy atom. The molecule has 37 heavy (non-hydrogen) atoms. The monoisotopic (exact) mass is 504 g/mol. The number of amides is 1. The predicted octanol–water partition coefficient (Wildman–Crippen LogP) is 2.42. The summed E-state index contributed by atoms with van der Waals surface area (Å²) in [6.07, 6.45) is 0.0846. The average molecular weight is 505 g/mol. The smallest absolute Gasteiger partial charge is 0.258 e. The van der Waals surface area contributed by atoms with Crippen molar-refractivity contribution in [3.05, 3.63) is 64.4 Å². The highest BCUT2D eigenvalue weighted by Crippen LogP contribution is 2.54.